The van der Waals surface area contributed by atoms with E-state index in [0.717, 1.165) is 17.1 Å². The molecule has 0 N–H and O–H groups in total. The van der Waals surface area contributed by atoms with E-state index in [2.05, 4.69) is 16.3 Å². The number of rotatable bonds is 2. The molecular formula is C15H15ClO4. The molecule has 4 nitrogen and oxygen atoms in total. The Labute approximate surface area is 122 Å². The number of carbonyl (C=O) groups is 3. The third-order valence-electron chi connectivity index (χ3n) is 2.42. The average Bonchev–Trinajstić information content (AvgIpc) is 2.56. The van der Waals surface area contributed by atoms with Crippen LogP contribution in [-0.4, -0.2) is 32.5 Å². The minimum atomic E-state index is -0.360. The fourth-order valence-corrected chi connectivity index (χ4v) is 1.58. The van der Waals surface area contributed by atoms with E-state index < -0.39 is 0 Å². The van der Waals surface area contributed by atoms with Crippen molar-refractivity contribution >= 4 is 41.4 Å². The third-order valence-corrected chi connectivity index (χ3v) is 2.42. The Balaban J connectivity index is 0.000000829. The van der Waals surface area contributed by atoms with Crippen LogP contribution in [0.3, 0.4) is 0 Å². The highest BCUT2D eigenvalue weighted by molar-refractivity contribution is 6.15. The molecule has 0 saturated heterocycles. The smallest absolute Gasteiger partial charge is 0.337 e. The maximum Gasteiger partial charge on any atom is 0.337 e. The number of aldehydes is 1. The summed E-state index contributed by atoms with van der Waals surface area (Å²) in [6.45, 7) is 2.00. The van der Waals surface area contributed by atoms with Gasteiger partial charge in [0, 0.05) is 11.9 Å². The predicted molar refractivity (Wildman–Crippen MR) is 79.6 cm³/mol. The lowest BCUT2D eigenvalue weighted by atomic mass is 10.0. The number of esters is 1. The fourth-order valence-electron chi connectivity index (χ4n) is 1.58. The zero-order valence-electron chi connectivity index (χ0n) is 11.3. The zero-order valence-corrected chi connectivity index (χ0v) is 12.0. The molecular weight excluding hydrogens is 280 g/mol. The van der Waals surface area contributed by atoms with Gasteiger partial charge < -0.3 is 9.53 Å². The molecule has 2 aromatic carbocycles. The predicted octanol–water partition coefficient (Wildman–Crippen LogP) is 3.11. The number of fused-ring (bicyclic) bond motifs is 1. The van der Waals surface area contributed by atoms with Crippen LogP contribution in [0.15, 0.2) is 36.4 Å². The molecule has 0 aromatic heterocycles. The Morgan fingerprint density at radius 3 is 2.20 bits per heavy atom. The summed E-state index contributed by atoms with van der Waals surface area (Å²) in [6, 6.07) is 10.5. The molecule has 0 aliphatic carbocycles. The molecule has 5 heteroatoms. The molecule has 0 bridgehead atoms. The van der Waals surface area contributed by atoms with Crippen LogP contribution in [0.1, 0.15) is 20.7 Å². The van der Waals surface area contributed by atoms with Gasteiger partial charge in [0.1, 0.15) is 13.1 Å². The first-order valence-corrected chi connectivity index (χ1v) is 6.24. The van der Waals surface area contributed by atoms with Gasteiger partial charge in [-0.1, -0.05) is 18.2 Å². The molecule has 0 fully saturated rings. The highest BCUT2D eigenvalue weighted by atomic mass is 35.5. The first-order valence-electron chi connectivity index (χ1n) is 5.48. The first-order chi connectivity index (χ1) is 9.74. The van der Waals surface area contributed by atoms with Crippen LogP contribution in [0.4, 0.5) is 0 Å². The fraction of sp³-hybridized carbons (Fsp3) is 0.133. The minimum absolute atomic E-state index is 0.360. The minimum Gasteiger partial charge on any atom is -0.465 e. The van der Waals surface area contributed by atoms with E-state index in [9.17, 15) is 9.59 Å². The standard InChI is InChI=1S/C13H10O3.CH3Cl.CH2O/c1-16-13(15)12-5-4-10-6-9(8-14)2-3-11(10)7-12;2*1-2/h2-8H,1H3;1H3;1H2. The molecule has 0 aliphatic heterocycles. The second-order valence-electron chi connectivity index (χ2n) is 3.43. The van der Waals surface area contributed by atoms with Crippen molar-refractivity contribution in [2.45, 2.75) is 0 Å². The molecule has 0 atom stereocenters. The molecule has 20 heavy (non-hydrogen) atoms. The number of hydrogen-bond acceptors (Lipinski definition) is 4. The van der Waals surface area contributed by atoms with Crippen molar-refractivity contribution in [3.8, 4) is 0 Å². The second kappa shape index (κ2) is 9.69. The first kappa shape index (κ1) is 17.8. The van der Waals surface area contributed by atoms with E-state index in [-0.39, 0.29) is 5.97 Å². The van der Waals surface area contributed by atoms with Crippen LogP contribution in [-0.2, 0) is 9.53 Å². The lowest BCUT2D eigenvalue weighted by Gasteiger charge is -2.02. The van der Waals surface area contributed by atoms with Gasteiger partial charge in [0.15, 0.2) is 0 Å². The van der Waals surface area contributed by atoms with E-state index in [1.165, 1.54) is 13.5 Å². The second-order valence-corrected chi connectivity index (χ2v) is 3.43. The van der Waals surface area contributed by atoms with Gasteiger partial charge in [0.25, 0.3) is 0 Å². The maximum atomic E-state index is 11.3. The summed E-state index contributed by atoms with van der Waals surface area (Å²) in [5.41, 5.74) is 1.13. The topological polar surface area (TPSA) is 60.4 Å². The number of halogens is 1. The largest absolute Gasteiger partial charge is 0.465 e. The van der Waals surface area contributed by atoms with Crippen LogP contribution in [0, 0.1) is 0 Å². The summed E-state index contributed by atoms with van der Waals surface area (Å²) < 4.78 is 4.63. The Hall–Kier alpha value is -2.20. The van der Waals surface area contributed by atoms with Gasteiger partial charge in [-0.25, -0.2) is 4.79 Å². The van der Waals surface area contributed by atoms with Crippen LogP contribution < -0.4 is 0 Å². The van der Waals surface area contributed by atoms with Gasteiger partial charge >= 0.3 is 5.97 Å². The van der Waals surface area contributed by atoms with Crippen LogP contribution in [0.5, 0.6) is 0 Å². The summed E-state index contributed by atoms with van der Waals surface area (Å²) in [7, 11) is 1.35. The van der Waals surface area contributed by atoms with Crippen molar-refractivity contribution in [1.82, 2.24) is 0 Å². The SMILES string of the molecule is C=O.CCl.COC(=O)c1ccc2cc(C=O)ccc2c1. The van der Waals surface area contributed by atoms with Crippen molar-refractivity contribution < 1.29 is 19.1 Å². The van der Waals surface area contributed by atoms with Crippen LogP contribution in [0.25, 0.3) is 10.8 Å². The molecule has 106 valence electrons. The normalized spacial score (nSPS) is 8.55. The van der Waals surface area contributed by atoms with Crippen molar-refractivity contribution in [2.75, 3.05) is 13.5 Å². The molecule has 0 heterocycles. The Morgan fingerprint density at radius 2 is 1.65 bits per heavy atom. The lowest BCUT2D eigenvalue weighted by Crippen LogP contribution is -2.00. The maximum absolute atomic E-state index is 11.3. The van der Waals surface area contributed by atoms with E-state index in [1.807, 2.05) is 12.9 Å². The Morgan fingerprint density at radius 1 is 1.10 bits per heavy atom. The lowest BCUT2D eigenvalue weighted by molar-refractivity contribution is -0.0980. The van der Waals surface area contributed by atoms with E-state index >= 15 is 0 Å². The Kier molecular flexibility index (Phi) is 8.63. The van der Waals surface area contributed by atoms with Crippen molar-refractivity contribution in [2.24, 2.45) is 0 Å². The molecule has 0 aliphatic rings. The quantitative estimate of drug-likeness (QED) is 0.485. The summed E-state index contributed by atoms with van der Waals surface area (Å²) in [5, 5.41) is 1.84. The highest BCUT2D eigenvalue weighted by Crippen LogP contribution is 2.17. The molecule has 0 amide bonds. The van der Waals surface area contributed by atoms with E-state index in [1.54, 1.807) is 30.3 Å². The monoisotopic (exact) mass is 294 g/mol. The van der Waals surface area contributed by atoms with Crippen LogP contribution in [0.2, 0.25) is 0 Å². The zero-order chi connectivity index (χ0) is 15.5. The van der Waals surface area contributed by atoms with Crippen molar-refractivity contribution in [3.05, 3.63) is 47.5 Å². The molecule has 0 spiro atoms. The van der Waals surface area contributed by atoms with Gasteiger partial charge in [0.2, 0.25) is 0 Å². The Bertz CT molecular complexity index is 581. The number of carbonyl (C=O) groups excluding carboxylic acids is 3. The molecule has 0 unspecified atom stereocenters. The summed E-state index contributed by atoms with van der Waals surface area (Å²) in [4.78, 5) is 29.9. The highest BCUT2D eigenvalue weighted by Gasteiger charge is 2.05. The summed E-state index contributed by atoms with van der Waals surface area (Å²) >= 11 is 4.64. The molecule has 2 rings (SSSR count). The summed E-state index contributed by atoms with van der Waals surface area (Å²) in [5.74, 6) is -0.360. The van der Waals surface area contributed by atoms with Crippen molar-refractivity contribution in [1.29, 1.82) is 0 Å². The number of hydrogen-bond donors (Lipinski definition) is 0. The van der Waals surface area contributed by atoms with Gasteiger partial charge in [0.05, 0.1) is 12.7 Å². The van der Waals surface area contributed by atoms with Gasteiger partial charge in [-0.3, -0.25) is 4.79 Å². The molecule has 0 saturated carbocycles. The summed E-state index contributed by atoms with van der Waals surface area (Å²) in [6.07, 6.45) is 2.27. The van der Waals surface area contributed by atoms with Gasteiger partial charge in [-0.05, 0) is 29.0 Å². The average molecular weight is 295 g/mol. The number of ether oxygens (including phenoxy) is 1. The number of alkyl halides is 1. The molecule has 0 radical (unpaired) electrons. The van der Waals surface area contributed by atoms with E-state index in [4.69, 9.17) is 4.79 Å². The van der Waals surface area contributed by atoms with Gasteiger partial charge in [-0.15, -0.1) is 11.6 Å². The number of methoxy groups -OCH3 is 1. The molecule has 2 aromatic rings. The third kappa shape index (κ3) is 4.48. The van der Waals surface area contributed by atoms with Gasteiger partial charge in [-0.2, -0.15) is 0 Å². The van der Waals surface area contributed by atoms with Crippen molar-refractivity contribution in [3.63, 3.8) is 0 Å². The van der Waals surface area contributed by atoms with Crippen LogP contribution >= 0.6 is 11.6 Å². The van der Waals surface area contributed by atoms with E-state index in [0.29, 0.717) is 11.1 Å². The number of benzene rings is 2.